The van der Waals surface area contributed by atoms with Crippen LogP contribution in [-0.4, -0.2) is 65.0 Å². The summed E-state index contributed by atoms with van der Waals surface area (Å²) in [6.07, 6.45) is 0. The summed E-state index contributed by atoms with van der Waals surface area (Å²) in [5.74, 6) is -0.739. The Bertz CT molecular complexity index is 1010. The molecule has 34 heavy (non-hydrogen) atoms. The van der Waals surface area contributed by atoms with Gasteiger partial charge in [0.25, 0.3) is 11.8 Å². The third-order valence-corrected chi connectivity index (χ3v) is 4.59. The number of methoxy groups -OCH3 is 3. The summed E-state index contributed by atoms with van der Waals surface area (Å²) >= 11 is 5.97. The molecule has 0 aromatic heterocycles. The Hall–Kier alpha value is -3.50. The molecule has 2 aromatic carbocycles. The summed E-state index contributed by atoms with van der Waals surface area (Å²) in [6, 6.07) is 8.89. The van der Waals surface area contributed by atoms with Gasteiger partial charge in [0.1, 0.15) is 5.75 Å². The maximum absolute atomic E-state index is 12.3. The average molecular weight is 495 g/mol. The molecule has 184 valence electrons. The van der Waals surface area contributed by atoms with Crippen molar-refractivity contribution in [1.29, 1.82) is 0 Å². The number of rotatable bonds is 12. The van der Waals surface area contributed by atoms with Crippen molar-refractivity contribution in [2.24, 2.45) is 0 Å². The van der Waals surface area contributed by atoms with E-state index in [4.69, 9.17) is 35.3 Å². The van der Waals surface area contributed by atoms with Crippen molar-refractivity contribution < 1.29 is 38.1 Å². The van der Waals surface area contributed by atoms with Crippen LogP contribution in [-0.2, 0) is 19.1 Å². The van der Waals surface area contributed by atoms with Gasteiger partial charge in [-0.3, -0.25) is 9.59 Å². The molecule has 0 aliphatic rings. The molecule has 2 N–H and O–H groups in total. The van der Waals surface area contributed by atoms with Crippen LogP contribution in [0.4, 0.5) is 5.69 Å². The van der Waals surface area contributed by atoms with E-state index >= 15 is 0 Å². The van der Waals surface area contributed by atoms with E-state index in [2.05, 4.69) is 10.6 Å². The topological polar surface area (TPSA) is 121 Å². The van der Waals surface area contributed by atoms with E-state index in [1.807, 2.05) is 0 Å². The number of esters is 1. The van der Waals surface area contributed by atoms with Gasteiger partial charge in [0.15, 0.2) is 24.7 Å². The number of amides is 2. The van der Waals surface area contributed by atoms with Gasteiger partial charge in [-0.15, -0.1) is 0 Å². The van der Waals surface area contributed by atoms with Crippen molar-refractivity contribution in [3.63, 3.8) is 0 Å². The van der Waals surface area contributed by atoms with E-state index in [-0.39, 0.29) is 29.7 Å². The van der Waals surface area contributed by atoms with E-state index in [1.54, 1.807) is 25.1 Å². The predicted molar refractivity (Wildman–Crippen MR) is 125 cm³/mol. The Morgan fingerprint density at radius 2 is 1.62 bits per heavy atom. The molecule has 0 saturated carbocycles. The fourth-order valence-electron chi connectivity index (χ4n) is 2.84. The first-order valence-electron chi connectivity index (χ1n) is 10.2. The zero-order valence-electron chi connectivity index (χ0n) is 19.3. The molecular formula is C23H27ClN2O8. The molecule has 1 unspecified atom stereocenters. The van der Waals surface area contributed by atoms with Crippen LogP contribution in [0, 0.1) is 0 Å². The second-order valence-corrected chi connectivity index (χ2v) is 7.48. The van der Waals surface area contributed by atoms with Crippen molar-refractivity contribution in [2.75, 3.05) is 46.5 Å². The first-order valence-corrected chi connectivity index (χ1v) is 10.5. The molecular weight excluding hydrogens is 468 g/mol. The van der Waals surface area contributed by atoms with Gasteiger partial charge in [0.05, 0.1) is 32.1 Å². The van der Waals surface area contributed by atoms with Crippen LogP contribution in [0.15, 0.2) is 36.4 Å². The van der Waals surface area contributed by atoms with Crippen LogP contribution in [0.2, 0.25) is 5.02 Å². The minimum Gasteiger partial charge on any atom is -0.495 e. The molecule has 10 nitrogen and oxygen atoms in total. The summed E-state index contributed by atoms with van der Waals surface area (Å²) in [5, 5.41) is 5.72. The average Bonchev–Trinajstić information content (AvgIpc) is 2.81. The molecule has 0 bridgehead atoms. The number of anilines is 1. The third-order valence-electron chi connectivity index (χ3n) is 4.35. The summed E-state index contributed by atoms with van der Waals surface area (Å²) in [5.41, 5.74) is 0.546. The molecule has 2 aromatic rings. The van der Waals surface area contributed by atoms with Crippen LogP contribution in [0.1, 0.15) is 17.3 Å². The maximum Gasteiger partial charge on any atom is 0.338 e. The maximum atomic E-state index is 12.3. The van der Waals surface area contributed by atoms with E-state index in [9.17, 15) is 14.4 Å². The number of carbonyl (C=O) groups excluding carboxylic acids is 3. The van der Waals surface area contributed by atoms with Gasteiger partial charge in [-0.25, -0.2) is 4.79 Å². The number of ether oxygens (including phenoxy) is 5. The quantitative estimate of drug-likeness (QED) is 0.432. The molecule has 0 heterocycles. The zero-order chi connectivity index (χ0) is 25.1. The molecule has 0 spiro atoms. The zero-order valence-corrected chi connectivity index (χ0v) is 20.1. The first kappa shape index (κ1) is 26.7. The van der Waals surface area contributed by atoms with Gasteiger partial charge in [-0.05, 0) is 43.3 Å². The van der Waals surface area contributed by atoms with Gasteiger partial charge < -0.3 is 34.3 Å². The van der Waals surface area contributed by atoms with Gasteiger partial charge in [0, 0.05) is 18.2 Å². The van der Waals surface area contributed by atoms with E-state index in [0.717, 1.165) is 0 Å². The summed E-state index contributed by atoms with van der Waals surface area (Å²) in [6.45, 7) is 1.32. The second kappa shape index (κ2) is 13.3. The molecule has 0 fully saturated rings. The molecule has 0 aliphatic carbocycles. The van der Waals surface area contributed by atoms with Crippen molar-refractivity contribution in [3.8, 4) is 17.2 Å². The number of benzene rings is 2. The standard InChI is InChI=1S/C23H27ClN2O8/c1-14(11-30-2)25-21(27)13-34-23(29)15-5-7-19(20(9-15)32-4)33-12-22(28)26-17-10-16(24)6-8-18(17)31-3/h5-10,14H,11-13H2,1-4H3,(H,25,27)(H,26,28). The highest BCUT2D eigenvalue weighted by atomic mass is 35.5. The SMILES string of the molecule is COCC(C)NC(=O)COC(=O)c1ccc(OCC(=O)Nc2cc(Cl)ccc2OC)c(OC)c1. The summed E-state index contributed by atoms with van der Waals surface area (Å²) < 4.78 is 25.9. The molecule has 1 atom stereocenters. The predicted octanol–water partition coefficient (Wildman–Crippen LogP) is 2.68. The number of nitrogens with one attached hydrogen (secondary N) is 2. The largest absolute Gasteiger partial charge is 0.495 e. The van der Waals surface area contributed by atoms with Crippen molar-refractivity contribution in [3.05, 3.63) is 47.0 Å². The van der Waals surface area contributed by atoms with Crippen LogP contribution in [0.3, 0.4) is 0 Å². The number of hydrogen-bond acceptors (Lipinski definition) is 8. The fourth-order valence-corrected chi connectivity index (χ4v) is 3.02. The molecule has 11 heteroatoms. The molecule has 0 aliphatic heterocycles. The minimum absolute atomic E-state index is 0.148. The van der Waals surface area contributed by atoms with Crippen LogP contribution < -0.4 is 24.8 Å². The Morgan fingerprint density at radius 1 is 0.912 bits per heavy atom. The van der Waals surface area contributed by atoms with E-state index in [0.29, 0.717) is 23.1 Å². The van der Waals surface area contributed by atoms with E-state index < -0.39 is 24.4 Å². The lowest BCUT2D eigenvalue weighted by Gasteiger charge is -2.14. The van der Waals surface area contributed by atoms with Crippen LogP contribution in [0.5, 0.6) is 17.2 Å². The lowest BCUT2D eigenvalue weighted by atomic mass is 10.2. The lowest BCUT2D eigenvalue weighted by molar-refractivity contribution is -0.125. The highest BCUT2D eigenvalue weighted by Gasteiger charge is 2.16. The highest BCUT2D eigenvalue weighted by Crippen LogP contribution is 2.29. The van der Waals surface area contributed by atoms with Crippen LogP contribution in [0.25, 0.3) is 0 Å². The normalized spacial score (nSPS) is 11.2. The smallest absolute Gasteiger partial charge is 0.338 e. The number of halogens is 1. The van der Waals surface area contributed by atoms with E-state index in [1.165, 1.54) is 39.5 Å². The van der Waals surface area contributed by atoms with Crippen molar-refractivity contribution >= 4 is 35.1 Å². The monoisotopic (exact) mass is 494 g/mol. The van der Waals surface area contributed by atoms with Crippen molar-refractivity contribution in [1.82, 2.24) is 5.32 Å². The summed E-state index contributed by atoms with van der Waals surface area (Å²) in [7, 11) is 4.38. The Morgan fingerprint density at radius 3 is 2.29 bits per heavy atom. The Balaban J connectivity index is 1.94. The van der Waals surface area contributed by atoms with Crippen LogP contribution >= 0.6 is 11.6 Å². The Labute approximate surface area is 202 Å². The molecule has 2 rings (SSSR count). The number of hydrogen-bond donors (Lipinski definition) is 2. The van der Waals surface area contributed by atoms with Gasteiger partial charge in [-0.2, -0.15) is 0 Å². The van der Waals surface area contributed by atoms with Crippen molar-refractivity contribution in [2.45, 2.75) is 13.0 Å². The minimum atomic E-state index is -0.717. The second-order valence-electron chi connectivity index (χ2n) is 7.05. The van der Waals surface area contributed by atoms with Gasteiger partial charge in [-0.1, -0.05) is 11.6 Å². The molecule has 2 amide bonds. The molecule has 0 saturated heterocycles. The number of carbonyl (C=O) groups is 3. The fraction of sp³-hybridized carbons (Fsp3) is 0.348. The third kappa shape index (κ3) is 8.13. The van der Waals surface area contributed by atoms with Gasteiger partial charge in [0.2, 0.25) is 0 Å². The lowest BCUT2D eigenvalue weighted by Crippen LogP contribution is -2.38. The van der Waals surface area contributed by atoms with Gasteiger partial charge >= 0.3 is 5.97 Å². The first-order chi connectivity index (χ1) is 16.3. The highest BCUT2D eigenvalue weighted by molar-refractivity contribution is 6.31. The Kier molecular flexibility index (Phi) is 10.4. The summed E-state index contributed by atoms with van der Waals surface area (Å²) in [4.78, 5) is 36.4. The molecule has 0 radical (unpaired) electrons.